The summed E-state index contributed by atoms with van der Waals surface area (Å²) in [4.78, 5) is 2.38. The molecule has 1 aliphatic rings. The van der Waals surface area contributed by atoms with Gasteiger partial charge in [0.05, 0.1) is 6.07 Å². The molecule has 0 aromatic heterocycles. The van der Waals surface area contributed by atoms with Crippen molar-refractivity contribution in [2.75, 3.05) is 0 Å². The Bertz CT molecular complexity index is 580. The van der Waals surface area contributed by atoms with Crippen LogP contribution in [0.4, 0.5) is 0 Å². The first-order chi connectivity index (χ1) is 10.8. The van der Waals surface area contributed by atoms with Crippen molar-refractivity contribution in [1.29, 1.82) is 5.26 Å². The van der Waals surface area contributed by atoms with Gasteiger partial charge in [0.1, 0.15) is 5.54 Å². The van der Waals surface area contributed by atoms with Gasteiger partial charge in [-0.05, 0) is 24.0 Å². The van der Waals surface area contributed by atoms with Gasteiger partial charge in [0, 0.05) is 13.1 Å². The molecule has 2 aromatic carbocycles. The smallest absolute Gasteiger partial charge is 0.109 e. The second-order valence-corrected chi connectivity index (χ2v) is 6.18. The molecule has 2 nitrogen and oxygen atoms in total. The van der Waals surface area contributed by atoms with Gasteiger partial charge in [-0.3, -0.25) is 4.90 Å². The van der Waals surface area contributed by atoms with Crippen LogP contribution in [0.3, 0.4) is 0 Å². The second kappa shape index (κ2) is 6.77. The molecule has 1 saturated carbocycles. The SMILES string of the molecule is N#CC1(N(Cc2ccccc2)Cc2ccccc2)CCCC1. The molecule has 112 valence electrons. The van der Waals surface area contributed by atoms with Crippen molar-refractivity contribution in [3.63, 3.8) is 0 Å². The van der Waals surface area contributed by atoms with Gasteiger partial charge >= 0.3 is 0 Å². The fourth-order valence-corrected chi connectivity index (χ4v) is 3.42. The molecular formula is C20H22N2. The zero-order chi connectivity index (χ0) is 15.3. The van der Waals surface area contributed by atoms with Gasteiger partial charge in [0.25, 0.3) is 0 Å². The third-order valence-corrected chi connectivity index (χ3v) is 4.68. The highest BCUT2D eigenvalue weighted by Crippen LogP contribution is 2.36. The molecule has 2 aromatic rings. The first-order valence-electron chi connectivity index (χ1n) is 8.07. The Morgan fingerprint density at radius 3 is 1.68 bits per heavy atom. The standard InChI is InChI=1S/C20H22N2/c21-17-20(13-7-8-14-20)22(15-18-9-3-1-4-10-18)16-19-11-5-2-6-12-19/h1-6,9-12H,7-8,13-16H2. The van der Waals surface area contributed by atoms with Crippen molar-refractivity contribution < 1.29 is 0 Å². The van der Waals surface area contributed by atoms with Crippen LogP contribution in [0.15, 0.2) is 60.7 Å². The summed E-state index contributed by atoms with van der Waals surface area (Å²) < 4.78 is 0. The largest absolute Gasteiger partial charge is 0.277 e. The highest BCUT2D eigenvalue weighted by Gasteiger charge is 2.39. The summed E-state index contributed by atoms with van der Waals surface area (Å²) >= 11 is 0. The topological polar surface area (TPSA) is 27.0 Å². The van der Waals surface area contributed by atoms with E-state index in [4.69, 9.17) is 0 Å². The molecule has 0 radical (unpaired) electrons. The van der Waals surface area contributed by atoms with E-state index in [0.29, 0.717) is 0 Å². The Morgan fingerprint density at radius 2 is 1.27 bits per heavy atom. The first-order valence-corrected chi connectivity index (χ1v) is 8.07. The molecule has 0 aliphatic heterocycles. The summed E-state index contributed by atoms with van der Waals surface area (Å²) in [6.07, 6.45) is 4.30. The van der Waals surface area contributed by atoms with E-state index < -0.39 is 0 Å². The Kier molecular flexibility index (Phi) is 4.56. The van der Waals surface area contributed by atoms with Crippen LogP contribution in [0.2, 0.25) is 0 Å². The third kappa shape index (κ3) is 3.21. The van der Waals surface area contributed by atoms with Gasteiger partial charge in [0.15, 0.2) is 0 Å². The van der Waals surface area contributed by atoms with Crippen LogP contribution in [0.25, 0.3) is 0 Å². The lowest BCUT2D eigenvalue weighted by molar-refractivity contribution is 0.123. The Morgan fingerprint density at radius 1 is 0.818 bits per heavy atom. The first kappa shape index (κ1) is 14.8. The molecule has 22 heavy (non-hydrogen) atoms. The summed E-state index contributed by atoms with van der Waals surface area (Å²) in [6.45, 7) is 1.67. The predicted molar refractivity (Wildman–Crippen MR) is 88.9 cm³/mol. The van der Waals surface area contributed by atoms with Crippen molar-refractivity contribution >= 4 is 0 Å². The van der Waals surface area contributed by atoms with Crippen molar-refractivity contribution in [1.82, 2.24) is 4.90 Å². The highest BCUT2D eigenvalue weighted by molar-refractivity contribution is 5.21. The molecule has 2 heteroatoms. The van der Waals surface area contributed by atoms with Crippen LogP contribution in [0, 0.1) is 11.3 Å². The van der Waals surface area contributed by atoms with E-state index in [9.17, 15) is 5.26 Å². The molecule has 3 rings (SSSR count). The number of hydrogen-bond donors (Lipinski definition) is 0. The van der Waals surface area contributed by atoms with Gasteiger partial charge in [-0.15, -0.1) is 0 Å². The molecule has 0 atom stereocenters. The third-order valence-electron chi connectivity index (χ3n) is 4.68. The zero-order valence-corrected chi connectivity index (χ0v) is 12.9. The normalized spacial score (nSPS) is 16.5. The summed E-state index contributed by atoms with van der Waals surface area (Å²) in [5.74, 6) is 0. The van der Waals surface area contributed by atoms with Gasteiger partial charge in [0.2, 0.25) is 0 Å². The van der Waals surface area contributed by atoms with E-state index in [1.54, 1.807) is 0 Å². The molecular weight excluding hydrogens is 268 g/mol. The number of rotatable bonds is 5. The van der Waals surface area contributed by atoms with Gasteiger partial charge in [-0.1, -0.05) is 73.5 Å². The van der Waals surface area contributed by atoms with E-state index in [2.05, 4.69) is 59.5 Å². The lowest BCUT2D eigenvalue weighted by Gasteiger charge is -2.36. The minimum atomic E-state index is -0.300. The fraction of sp³-hybridized carbons (Fsp3) is 0.350. The quantitative estimate of drug-likeness (QED) is 0.809. The zero-order valence-electron chi connectivity index (χ0n) is 12.9. The summed E-state index contributed by atoms with van der Waals surface area (Å²) in [7, 11) is 0. The van der Waals surface area contributed by atoms with Crippen LogP contribution in [-0.4, -0.2) is 10.4 Å². The van der Waals surface area contributed by atoms with Crippen LogP contribution >= 0.6 is 0 Å². The average molecular weight is 290 g/mol. The number of nitriles is 1. The second-order valence-electron chi connectivity index (χ2n) is 6.18. The lowest BCUT2D eigenvalue weighted by Crippen LogP contribution is -2.44. The maximum absolute atomic E-state index is 9.85. The average Bonchev–Trinajstić information content (AvgIpc) is 3.06. The minimum absolute atomic E-state index is 0.300. The molecule has 1 aliphatic carbocycles. The van der Waals surface area contributed by atoms with Crippen molar-refractivity contribution in [3.8, 4) is 6.07 Å². The van der Waals surface area contributed by atoms with Crippen LogP contribution in [0.5, 0.6) is 0 Å². The minimum Gasteiger partial charge on any atom is -0.277 e. The summed E-state index contributed by atoms with van der Waals surface area (Å²) in [5.41, 5.74) is 2.26. The van der Waals surface area contributed by atoms with Crippen LogP contribution < -0.4 is 0 Å². The van der Waals surface area contributed by atoms with Gasteiger partial charge in [-0.2, -0.15) is 5.26 Å². The molecule has 1 fully saturated rings. The highest BCUT2D eigenvalue weighted by atomic mass is 15.2. The summed E-state index contributed by atoms with van der Waals surface area (Å²) in [6, 6.07) is 23.6. The Labute approximate surface area is 133 Å². The van der Waals surface area contributed by atoms with Crippen molar-refractivity contribution in [2.45, 2.75) is 44.3 Å². The van der Waals surface area contributed by atoms with E-state index in [-0.39, 0.29) is 5.54 Å². The van der Waals surface area contributed by atoms with E-state index in [0.717, 1.165) is 38.8 Å². The molecule has 0 amide bonds. The lowest BCUT2D eigenvalue weighted by atomic mass is 9.95. The monoisotopic (exact) mass is 290 g/mol. The predicted octanol–water partition coefficient (Wildman–Crippen LogP) is 4.53. The molecule has 0 spiro atoms. The Balaban J connectivity index is 1.86. The van der Waals surface area contributed by atoms with Crippen molar-refractivity contribution in [2.24, 2.45) is 0 Å². The Hall–Kier alpha value is -2.11. The van der Waals surface area contributed by atoms with E-state index in [1.807, 2.05) is 12.1 Å². The van der Waals surface area contributed by atoms with E-state index in [1.165, 1.54) is 11.1 Å². The number of benzene rings is 2. The van der Waals surface area contributed by atoms with Crippen LogP contribution in [0.1, 0.15) is 36.8 Å². The molecule has 0 saturated heterocycles. The van der Waals surface area contributed by atoms with E-state index >= 15 is 0 Å². The molecule has 0 unspecified atom stereocenters. The van der Waals surface area contributed by atoms with Crippen molar-refractivity contribution in [3.05, 3.63) is 71.8 Å². The van der Waals surface area contributed by atoms with Gasteiger partial charge in [-0.25, -0.2) is 0 Å². The molecule has 0 N–H and O–H groups in total. The fourth-order valence-electron chi connectivity index (χ4n) is 3.42. The number of hydrogen-bond acceptors (Lipinski definition) is 2. The number of nitrogens with zero attached hydrogens (tertiary/aromatic N) is 2. The molecule has 0 heterocycles. The maximum Gasteiger partial charge on any atom is 0.109 e. The molecule has 0 bridgehead atoms. The van der Waals surface area contributed by atoms with Crippen LogP contribution in [-0.2, 0) is 13.1 Å². The van der Waals surface area contributed by atoms with Gasteiger partial charge < -0.3 is 0 Å². The summed E-state index contributed by atoms with van der Waals surface area (Å²) in [5, 5.41) is 9.85. The maximum atomic E-state index is 9.85.